The molecule has 0 aliphatic carbocycles. The Balaban J connectivity index is 3.13. The van der Waals surface area contributed by atoms with E-state index in [1.807, 2.05) is 0 Å². The first kappa shape index (κ1) is 13.3. The first-order valence-corrected chi connectivity index (χ1v) is 5.00. The molecule has 0 aromatic carbocycles. The molecule has 1 aromatic heterocycles. The molecule has 0 saturated carbocycles. The van der Waals surface area contributed by atoms with Gasteiger partial charge in [-0.2, -0.15) is 0 Å². The number of pyridine rings is 1. The number of hydrogen-bond acceptors (Lipinski definition) is 3. The topological polar surface area (TPSA) is 31.4 Å². The first-order chi connectivity index (χ1) is 7.37. The molecule has 0 radical (unpaired) electrons. The summed E-state index contributed by atoms with van der Waals surface area (Å²) in [5, 5.41) is 0. The lowest BCUT2D eigenvalue weighted by Gasteiger charge is -2.12. The van der Waals surface area contributed by atoms with Crippen LogP contribution in [0.2, 0.25) is 0 Å². The van der Waals surface area contributed by atoms with E-state index in [0.29, 0.717) is 0 Å². The van der Waals surface area contributed by atoms with E-state index in [1.54, 1.807) is 22.6 Å². The van der Waals surface area contributed by atoms with Gasteiger partial charge in [-0.05, 0) is 28.7 Å². The summed E-state index contributed by atoms with van der Waals surface area (Å²) < 4.78 is 56.7. The van der Waals surface area contributed by atoms with Crippen molar-refractivity contribution in [3.8, 4) is 11.6 Å². The number of rotatable bonds is 3. The highest BCUT2D eigenvalue weighted by molar-refractivity contribution is 14.1. The largest absolute Gasteiger partial charge is 0.574 e. The smallest absolute Gasteiger partial charge is 0.491 e. The van der Waals surface area contributed by atoms with E-state index in [1.165, 1.54) is 0 Å². The Morgan fingerprint density at radius 3 is 2.50 bits per heavy atom. The Bertz CT molecular complexity index is 383. The fourth-order valence-electron chi connectivity index (χ4n) is 0.918. The van der Waals surface area contributed by atoms with Crippen molar-refractivity contribution >= 4 is 22.6 Å². The molecule has 16 heavy (non-hydrogen) atoms. The molecular weight excluding hydrogens is 345 g/mol. The number of hydrogen-bond donors (Lipinski definition) is 0. The predicted octanol–water partition coefficient (Wildman–Crippen LogP) is 3.06. The Morgan fingerprint density at radius 1 is 1.44 bits per heavy atom. The molecule has 8 heteroatoms. The third kappa shape index (κ3) is 3.35. The minimum absolute atomic E-state index is 0.0974. The monoisotopic (exact) mass is 351 g/mol. The van der Waals surface area contributed by atoms with Crippen molar-refractivity contribution in [1.29, 1.82) is 0 Å². The fraction of sp³-hybridized carbons (Fsp3) is 0.375. The van der Waals surface area contributed by atoms with Gasteiger partial charge in [-0.3, -0.25) is 0 Å². The van der Waals surface area contributed by atoms with Crippen molar-refractivity contribution in [3.63, 3.8) is 0 Å². The molecule has 0 aliphatic rings. The van der Waals surface area contributed by atoms with Crippen LogP contribution in [0.15, 0.2) is 6.07 Å². The standard InChI is InChI=1S/C8H6F4INO2/c1-15-5-2-4(3-9)6(13)14-7(5)16-8(10,11)12/h2H,3H2,1H3. The SMILES string of the molecule is COc1cc(CF)c(I)nc1OC(F)(F)F. The van der Waals surface area contributed by atoms with Crippen molar-refractivity contribution in [2.45, 2.75) is 13.0 Å². The second kappa shape index (κ2) is 5.02. The average Bonchev–Trinajstić information content (AvgIpc) is 2.16. The molecule has 0 bridgehead atoms. The van der Waals surface area contributed by atoms with Crippen LogP contribution in [-0.4, -0.2) is 18.5 Å². The molecule has 0 atom stereocenters. The van der Waals surface area contributed by atoms with Gasteiger partial charge in [0.2, 0.25) is 0 Å². The van der Waals surface area contributed by atoms with Crippen LogP contribution in [0.3, 0.4) is 0 Å². The maximum absolute atomic E-state index is 12.4. The van der Waals surface area contributed by atoms with Crippen LogP contribution in [0.5, 0.6) is 11.6 Å². The van der Waals surface area contributed by atoms with Crippen molar-refractivity contribution < 1.29 is 27.0 Å². The van der Waals surface area contributed by atoms with Crippen LogP contribution in [0.4, 0.5) is 17.6 Å². The van der Waals surface area contributed by atoms with E-state index in [9.17, 15) is 17.6 Å². The van der Waals surface area contributed by atoms with Gasteiger partial charge in [-0.15, -0.1) is 13.2 Å². The Kier molecular flexibility index (Phi) is 4.16. The summed E-state index contributed by atoms with van der Waals surface area (Å²) in [6.07, 6.45) is -4.86. The van der Waals surface area contributed by atoms with Crippen LogP contribution in [0.25, 0.3) is 0 Å². The maximum atomic E-state index is 12.4. The summed E-state index contributed by atoms with van der Waals surface area (Å²) in [4.78, 5) is 3.48. The molecule has 0 aliphatic heterocycles. The highest BCUT2D eigenvalue weighted by Crippen LogP contribution is 2.32. The average molecular weight is 351 g/mol. The highest BCUT2D eigenvalue weighted by Gasteiger charge is 2.33. The van der Waals surface area contributed by atoms with Crippen molar-refractivity contribution in [2.75, 3.05) is 7.11 Å². The summed E-state index contributed by atoms with van der Waals surface area (Å²) in [7, 11) is 1.15. The zero-order chi connectivity index (χ0) is 12.3. The third-order valence-electron chi connectivity index (χ3n) is 1.56. The van der Waals surface area contributed by atoms with E-state index in [4.69, 9.17) is 0 Å². The van der Waals surface area contributed by atoms with E-state index < -0.39 is 18.9 Å². The van der Waals surface area contributed by atoms with E-state index in [-0.39, 0.29) is 15.0 Å². The lowest BCUT2D eigenvalue weighted by molar-refractivity contribution is -0.276. The van der Waals surface area contributed by atoms with Gasteiger partial charge in [0.25, 0.3) is 5.88 Å². The number of methoxy groups -OCH3 is 1. The van der Waals surface area contributed by atoms with E-state index in [2.05, 4.69) is 14.5 Å². The molecule has 1 rings (SSSR count). The molecule has 3 nitrogen and oxygen atoms in total. The lowest BCUT2D eigenvalue weighted by Crippen LogP contribution is -2.19. The van der Waals surface area contributed by atoms with Gasteiger partial charge in [0.05, 0.1) is 7.11 Å². The number of ether oxygens (including phenoxy) is 2. The maximum Gasteiger partial charge on any atom is 0.574 e. The van der Waals surface area contributed by atoms with Crippen LogP contribution >= 0.6 is 22.6 Å². The molecule has 0 amide bonds. The molecule has 0 fully saturated rings. The molecule has 1 heterocycles. The van der Waals surface area contributed by atoms with E-state index in [0.717, 1.165) is 13.2 Å². The number of nitrogens with zero attached hydrogens (tertiary/aromatic N) is 1. The molecule has 0 spiro atoms. The van der Waals surface area contributed by atoms with Crippen LogP contribution in [-0.2, 0) is 6.67 Å². The first-order valence-electron chi connectivity index (χ1n) is 3.92. The van der Waals surface area contributed by atoms with Gasteiger partial charge >= 0.3 is 6.36 Å². The van der Waals surface area contributed by atoms with Gasteiger partial charge in [0, 0.05) is 5.56 Å². The van der Waals surface area contributed by atoms with Crippen LogP contribution in [0.1, 0.15) is 5.56 Å². The number of alkyl halides is 4. The second-order valence-electron chi connectivity index (χ2n) is 2.63. The Hall–Kier alpha value is -0.800. The highest BCUT2D eigenvalue weighted by atomic mass is 127. The quantitative estimate of drug-likeness (QED) is 0.477. The van der Waals surface area contributed by atoms with Crippen molar-refractivity contribution in [2.24, 2.45) is 0 Å². The Labute approximate surface area is 102 Å². The summed E-state index contributed by atoms with van der Waals surface area (Å²) in [6, 6.07) is 1.12. The fourth-order valence-corrected chi connectivity index (χ4v) is 1.44. The minimum atomic E-state index is -4.86. The summed E-state index contributed by atoms with van der Waals surface area (Å²) >= 11 is 1.62. The number of aromatic nitrogens is 1. The van der Waals surface area contributed by atoms with Crippen molar-refractivity contribution in [1.82, 2.24) is 4.98 Å². The summed E-state index contributed by atoms with van der Waals surface area (Å²) in [6.45, 7) is -0.839. The van der Waals surface area contributed by atoms with Gasteiger partial charge in [0.15, 0.2) is 5.75 Å². The molecule has 1 aromatic rings. The second-order valence-corrected chi connectivity index (χ2v) is 3.65. The third-order valence-corrected chi connectivity index (χ3v) is 2.49. The molecular formula is C8H6F4INO2. The summed E-state index contributed by atoms with van der Waals surface area (Å²) in [5.74, 6) is -0.984. The van der Waals surface area contributed by atoms with E-state index >= 15 is 0 Å². The summed E-state index contributed by atoms with van der Waals surface area (Å²) in [5.41, 5.74) is 0.145. The van der Waals surface area contributed by atoms with Gasteiger partial charge in [-0.1, -0.05) is 0 Å². The van der Waals surface area contributed by atoms with Gasteiger partial charge < -0.3 is 9.47 Å². The molecule has 0 N–H and O–H groups in total. The lowest BCUT2D eigenvalue weighted by atomic mass is 10.3. The van der Waals surface area contributed by atoms with Gasteiger partial charge in [0.1, 0.15) is 10.4 Å². The van der Waals surface area contributed by atoms with Crippen molar-refractivity contribution in [3.05, 3.63) is 15.3 Å². The zero-order valence-electron chi connectivity index (χ0n) is 7.94. The molecule has 0 unspecified atom stereocenters. The van der Waals surface area contributed by atoms with Crippen LogP contribution < -0.4 is 9.47 Å². The zero-order valence-corrected chi connectivity index (χ0v) is 10.1. The molecule has 90 valence electrons. The predicted molar refractivity (Wildman–Crippen MR) is 55.0 cm³/mol. The molecule has 0 saturated heterocycles. The Morgan fingerprint density at radius 2 is 2.06 bits per heavy atom. The van der Waals surface area contributed by atoms with Gasteiger partial charge in [-0.25, -0.2) is 9.37 Å². The normalized spacial score (nSPS) is 11.4. The van der Waals surface area contributed by atoms with Crippen LogP contribution in [0, 0.1) is 3.70 Å². The minimum Gasteiger partial charge on any atom is -0.491 e. The number of halogens is 5.